The summed E-state index contributed by atoms with van der Waals surface area (Å²) in [7, 11) is 0. The number of imidazole rings is 2. The van der Waals surface area contributed by atoms with E-state index >= 15 is 0 Å². The van der Waals surface area contributed by atoms with Gasteiger partial charge in [0.1, 0.15) is 5.69 Å². The molecule has 3 heterocycles. The first-order chi connectivity index (χ1) is 18.3. The Bertz CT molecular complexity index is 1730. The molecule has 0 radical (unpaired) electrons. The van der Waals surface area contributed by atoms with Crippen LogP contribution in [0.4, 0.5) is 13.2 Å². The molecule has 0 saturated heterocycles. The van der Waals surface area contributed by atoms with Crippen LogP contribution in [0.3, 0.4) is 0 Å². The third kappa shape index (κ3) is 4.93. The van der Waals surface area contributed by atoms with Gasteiger partial charge in [0.2, 0.25) is 0 Å². The molecule has 188 valence electrons. The smallest absolute Gasteiger partial charge is 0.306 e. The van der Waals surface area contributed by atoms with Gasteiger partial charge >= 0.3 is 6.18 Å². The maximum Gasteiger partial charge on any atom is 0.416 e. The number of alkyl halides is 3. The quantitative estimate of drug-likeness (QED) is 0.226. The van der Waals surface area contributed by atoms with Gasteiger partial charge in [-0.3, -0.25) is 4.79 Å². The zero-order chi connectivity index (χ0) is 26.3. The standard InChI is InChI=1S/C29H20F3N5O/c30-29(31,32)23-12-20(13-25(15-23)36-17-26(34-18-36)21-7-8-21)14-27(38)22-4-1-3-19(11-22)6-9-24-16-33-28-5-2-10-35-37(24)28/h1-5,10-13,15-18,21H,7-8,14H2. The number of benzene rings is 2. The van der Waals surface area contributed by atoms with Gasteiger partial charge in [0.05, 0.1) is 23.8 Å². The Morgan fingerprint density at radius 2 is 1.89 bits per heavy atom. The molecule has 1 aliphatic rings. The summed E-state index contributed by atoms with van der Waals surface area (Å²) in [6, 6.07) is 14.0. The lowest BCUT2D eigenvalue weighted by Crippen LogP contribution is -2.10. The summed E-state index contributed by atoms with van der Waals surface area (Å²) in [6.07, 6.45) is 3.89. The normalized spacial score (nSPS) is 13.3. The molecule has 0 amide bonds. The molecule has 6 rings (SSSR count). The molecule has 0 N–H and O–H groups in total. The maximum atomic E-state index is 13.7. The second-order valence-electron chi connectivity index (χ2n) is 9.23. The van der Waals surface area contributed by atoms with Gasteiger partial charge in [0.15, 0.2) is 11.4 Å². The average Bonchev–Trinajstić information content (AvgIpc) is 3.49. The van der Waals surface area contributed by atoms with Gasteiger partial charge in [-0.1, -0.05) is 18.1 Å². The number of hydrogen-bond donors (Lipinski definition) is 0. The zero-order valence-electron chi connectivity index (χ0n) is 20.0. The van der Waals surface area contributed by atoms with Crippen LogP contribution in [0, 0.1) is 11.8 Å². The zero-order valence-corrected chi connectivity index (χ0v) is 20.0. The summed E-state index contributed by atoms with van der Waals surface area (Å²) in [5.41, 5.74) is 2.89. The topological polar surface area (TPSA) is 65.1 Å². The van der Waals surface area contributed by atoms with E-state index in [-0.39, 0.29) is 17.8 Å². The van der Waals surface area contributed by atoms with Crippen LogP contribution >= 0.6 is 0 Å². The number of fused-ring (bicyclic) bond motifs is 1. The summed E-state index contributed by atoms with van der Waals surface area (Å²) in [5.74, 6) is 6.09. The molecule has 3 aromatic heterocycles. The number of Topliss-reactive ketones (excluding diaryl/α,β-unsaturated/α-hetero) is 1. The third-order valence-electron chi connectivity index (χ3n) is 6.36. The van der Waals surface area contributed by atoms with Crippen molar-refractivity contribution in [1.82, 2.24) is 24.1 Å². The van der Waals surface area contributed by atoms with Gasteiger partial charge in [-0.2, -0.15) is 18.3 Å². The summed E-state index contributed by atoms with van der Waals surface area (Å²) in [4.78, 5) is 21.7. The fraction of sp³-hybridized carbons (Fsp3) is 0.172. The van der Waals surface area contributed by atoms with Crippen molar-refractivity contribution in [1.29, 1.82) is 0 Å². The van der Waals surface area contributed by atoms with E-state index in [9.17, 15) is 18.0 Å². The molecule has 0 unspecified atom stereocenters. The monoisotopic (exact) mass is 511 g/mol. The first-order valence-corrected chi connectivity index (χ1v) is 12.0. The Labute approximate surface area is 215 Å². The number of aromatic nitrogens is 5. The van der Waals surface area contributed by atoms with E-state index in [4.69, 9.17) is 0 Å². The molecule has 2 aromatic carbocycles. The minimum absolute atomic E-state index is 0.185. The molecule has 0 atom stereocenters. The molecule has 1 aliphatic carbocycles. The highest BCUT2D eigenvalue weighted by Crippen LogP contribution is 2.39. The van der Waals surface area contributed by atoms with Crippen LogP contribution in [-0.4, -0.2) is 29.9 Å². The second-order valence-corrected chi connectivity index (χ2v) is 9.23. The molecule has 9 heteroatoms. The number of rotatable bonds is 5. The van der Waals surface area contributed by atoms with Crippen molar-refractivity contribution in [2.24, 2.45) is 0 Å². The van der Waals surface area contributed by atoms with E-state index < -0.39 is 11.7 Å². The van der Waals surface area contributed by atoms with Gasteiger partial charge < -0.3 is 4.57 Å². The van der Waals surface area contributed by atoms with Gasteiger partial charge in [-0.25, -0.2) is 14.5 Å². The largest absolute Gasteiger partial charge is 0.416 e. The fourth-order valence-corrected chi connectivity index (χ4v) is 4.27. The van der Waals surface area contributed by atoms with E-state index in [2.05, 4.69) is 26.9 Å². The van der Waals surface area contributed by atoms with Crippen molar-refractivity contribution >= 4 is 11.4 Å². The van der Waals surface area contributed by atoms with Crippen LogP contribution in [0.2, 0.25) is 0 Å². The molecule has 0 bridgehead atoms. The Morgan fingerprint density at radius 3 is 2.71 bits per heavy atom. The van der Waals surface area contributed by atoms with Crippen molar-refractivity contribution < 1.29 is 18.0 Å². The van der Waals surface area contributed by atoms with Crippen LogP contribution in [-0.2, 0) is 12.6 Å². The highest BCUT2D eigenvalue weighted by Gasteiger charge is 2.32. The predicted octanol–water partition coefficient (Wildman–Crippen LogP) is 5.64. The first-order valence-electron chi connectivity index (χ1n) is 12.0. The fourth-order valence-electron chi connectivity index (χ4n) is 4.27. The van der Waals surface area contributed by atoms with E-state index in [0.717, 1.165) is 30.7 Å². The van der Waals surface area contributed by atoms with Crippen molar-refractivity contribution in [3.05, 3.63) is 113 Å². The number of hydrogen-bond acceptors (Lipinski definition) is 4. The van der Waals surface area contributed by atoms with Gasteiger partial charge in [-0.15, -0.1) is 0 Å². The van der Waals surface area contributed by atoms with Crippen molar-refractivity contribution in [3.8, 4) is 17.5 Å². The highest BCUT2D eigenvalue weighted by molar-refractivity contribution is 5.97. The number of ketones is 1. The molecule has 5 aromatic rings. The Morgan fingerprint density at radius 1 is 1.03 bits per heavy atom. The minimum Gasteiger partial charge on any atom is -0.306 e. The molecule has 0 spiro atoms. The number of carbonyl (C=O) groups excluding carboxylic acids is 1. The van der Waals surface area contributed by atoms with Gasteiger partial charge in [0.25, 0.3) is 0 Å². The lowest BCUT2D eigenvalue weighted by Gasteiger charge is -2.13. The summed E-state index contributed by atoms with van der Waals surface area (Å²) in [6.45, 7) is 0. The lowest BCUT2D eigenvalue weighted by atomic mass is 9.99. The Kier molecular flexibility index (Phi) is 5.80. The average molecular weight is 512 g/mol. The number of carbonyl (C=O) groups is 1. The number of halogens is 3. The molecule has 1 fully saturated rings. The SMILES string of the molecule is O=C(Cc1cc(-n2cnc(C3CC3)c2)cc(C(F)(F)F)c1)c1cccc(C#Cc2cnc3cccnn23)c1. The van der Waals surface area contributed by atoms with Crippen molar-refractivity contribution in [3.63, 3.8) is 0 Å². The van der Waals surface area contributed by atoms with E-state index in [1.54, 1.807) is 64.1 Å². The second kappa shape index (κ2) is 9.30. The van der Waals surface area contributed by atoms with E-state index in [1.807, 2.05) is 6.07 Å². The first kappa shape index (κ1) is 23.7. The third-order valence-corrected chi connectivity index (χ3v) is 6.36. The molecule has 1 saturated carbocycles. The van der Waals surface area contributed by atoms with Crippen LogP contribution in [0.15, 0.2) is 79.5 Å². The molecular formula is C29H20F3N5O. The van der Waals surface area contributed by atoms with Gasteiger partial charge in [-0.05, 0) is 66.8 Å². The summed E-state index contributed by atoms with van der Waals surface area (Å²) >= 11 is 0. The lowest BCUT2D eigenvalue weighted by molar-refractivity contribution is -0.137. The summed E-state index contributed by atoms with van der Waals surface area (Å²) < 4.78 is 44.2. The highest BCUT2D eigenvalue weighted by atomic mass is 19.4. The van der Waals surface area contributed by atoms with E-state index in [0.29, 0.717) is 34.1 Å². The van der Waals surface area contributed by atoms with Crippen LogP contribution in [0.25, 0.3) is 11.3 Å². The molecular weight excluding hydrogens is 491 g/mol. The number of nitrogens with zero attached hydrogens (tertiary/aromatic N) is 5. The molecule has 38 heavy (non-hydrogen) atoms. The molecule has 0 aliphatic heterocycles. The van der Waals surface area contributed by atoms with Crippen LogP contribution in [0.5, 0.6) is 0 Å². The van der Waals surface area contributed by atoms with Crippen molar-refractivity contribution in [2.45, 2.75) is 31.4 Å². The van der Waals surface area contributed by atoms with Crippen LogP contribution in [0.1, 0.15) is 57.2 Å². The Balaban J connectivity index is 1.26. The van der Waals surface area contributed by atoms with Crippen molar-refractivity contribution in [2.75, 3.05) is 0 Å². The maximum absolute atomic E-state index is 13.7. The summed E-state index contributed by atoms with van der Waals surface area (Å²) in [5, 5.41) is 4.22. The van der Waals surface area contributed by atoms with Gasteiger partial charge in [0, 0.05) is 41.5 Å². The molecule has 6 nitrogen and oxygen atoms in total. The van der Waals surface area contributed by atoms with Crippen LogP contribution < -0.4 is 0 Å². The minimum atomic E-state index is -4.55. The predicted molar refractivity (Wildman–Crippen MR) is 134 cm³/mol. The Hall–Kier alpha value is -4.71. The van der Waals surface area contributed by atoms with E-state index in [1.165, 1.54) is 6.33 Å².